The van der Waals surface area contributed by atoms with Crippen molar-refractivity contribution in [3.63, 3.8) is 0 Å². The molecular formula is C22H27NO3. The van der Waals surface area contributed by atoms with E-state index in [9.17, 15) is 9.90 Å². The number of benzene rings is 2. The third kappa shape index (κ3) is 2.83. The lowest BCUT2D eigenvalue weighted by molar-refractivity contribution is -0.131. The number of hydrogen-bond acceptors (Lipinski definition) is 3. The number of rotatable bonds is 2. The number of anilines is 1. The van der Waals surface area contributed by atoms with Gasteiger partial charge >= 0.3 is 0 Å². The van der Waals surface area contributed by atoms with Crippen molar-refractivity contribution >= 4 is 11.6 Å². The molecule has 1 atom stereocenters. The first-order chi connectivity index (χ1) is 12.2. The molecule has 0 aliphatic carbocycles. The van der Waals surface area contributed by atoms with Gasteiger partial charge in [-0.3, -0.25) is 4.79 Å². The summed E-state index contributed by atoms with van der Waals surface area (Å²) in [5, 5.41) is 13.4. The van der Waals surface area contributed by atoms with Gasteiger partial charge < -0.3 is 15.2 Å². The van der Waals surface area contributed by atoms with Crippen molar-refractivity contribution in [2.24, 2.45) is 0 Å². The van der Waals surface area contributed by atoms with E-state index < -0.39 is 5.60 Å². The van der Waals surface area contributed by atoms with Crippen molar-refractivity contribution in [2.45, 2.75) is 60.0 Å². The lowest BCUT2D eigenvalue weighted by Gasteiger charge is -2.36. The zero-order valence-corrected chi connectivity index (χ0v) is 16.4. The number of amides is 1. The van der Waals surface area contributed by atoms with Gasteiger partial charge in [0.05, 0.1) is 0 Å². The summed E-state index contributed by atoms with van der Waals surface area (Å²) in [5.74, 6) is 0.931. The molecule has 26 heavy (non-hydrogen) atoms. The van der Waals surface area contributed by atoms with Crippen molar-refractivity contribution in [1.29, 1.82) is 0 Å². The van der Waals surface area contributed by atoms with E-state index in [4.69, 9.17) is 4.74 Å². The van der Waals surface area contributed by atoms with Crippen LogP contribution in [0, 0.1) is 34.6 Å². The van der Waals surface area contributed by atoms with Crippen molar-refractivity contribution < 1.29 is 14.6 Å². The van der Waals surface area contributed by atoms with E-state index in [0.29, 0.717) is 18.6 Å². The maximum atomic E-state index is 13.1. The van der Waals surface area contributed by atoms with Crippen molar-refractivity contribution in [3.8, 4) is 11.5 Å². The first-order valence-corrected chi connectivity index (χ1v) is 9.04. The van der Waals surface area contributed by atoms with Gasteiger partial charge in [0.15, 0.2) is 5.60 Å². The topological polar surface area (TPSA) is 58.6 Å². The minimum atomic E-state index is -0.942. The Balaban J connectivity index is 1.95. The molecule has 1 unspecified atom stereocenters. The third-order valence-electron chi connectivity index (χ3n) is 5.72. The van der Waals surface area contributed by atoms with Crippen LogP contribution in [0.4, 0.5) is 5.69 Å². The number of aromatic hydroxyl groups is 1. The molecule has 1 amide bonds. The molecule has 2 aromatic carbocycles. The van der Waals surface area contributed by atoms with Crippen LogP contribution in [0.1, 0.15) is 46.7 Å². The van der Waals surface area contributed by atoms with Gasteiger partial charge in [-0.15, -0.1) is 0 Å². The van der Waals surface area contributed by atoms with Gasteiger partial charge in [0, 0.05) is 17.7 Å². The van der Waals surface area contributed by atoms with Crippen LogP contribution in [-0.4, -0.2) is 16.6 Å². The van der Waals surface area contributed by atoms with Crippen LogP contribution in [-0.2, 0) is 11.2 Å². The van der Waals surface area contributed by atoms with E-state index in [1.54, 1.807) is 0 Å². The van der Waals surface area contributed by atoms with E-state index in [1.165, 1.54) is 0 Å². The molecule has 4 heteroatoms. The van der Waals surface area contributed by atoms with Crippen LogP contribution in [0.2, 0.25) is 0 Å². The molecule has 0 saturated carbocycles. The first-order valence-electron chi connectivity index (χ1n) is 9.04. The van der Waals surface area contributed by atoms with Crippen LogP contribution in [0.5, 0.6) is 11.5 Å². The number of phenols is 1. The number of carbonyl (C=O) groups excluding carboxylic acids is 1. The summed E-state index contributed by atoms with van der Waals surface area (Å²) in [6.45, 7) is 11.5. The zero-order valence-electron chi connectivity index (χ0n) is 16.4. The predicted octanol–water partition coefficient (Wildman–Crippen LogP) is 4.66. The Morgan fingerprint density at radius 3 is 2.31 bits per heavy atom. The monoisotopic (exact) mass is 353 g/mol. The second-order valence-electron chi connectivity index (χ2n) is 7.59. The lowest BCUT2D eigenvalue weighted by atomic mass is 9.86. The Kier molecular flexibility index (Phi) is 4.47. The van der Waals surface area contributed by atoms with Gasteiger partial charge in [0.2, 0.25) is 0 Å². The highest BCUT2D eigenvalue weighted by Crippen LogP contribution is 2.43. The third-order valence-corrected chi connectivity index (χ3v) is 5.72. The largest absolute Gasteiger partial charge is 0.507 e. The van der Waals surface area contributed by atoms with Gasteiger partial charge in [-0.2, -0.15) is 0 Å². The summed E-state index contributed by atoms with van der Waals surface area (Å²) in [5.41, 5.74) is 5.53. The Labute approximate surface area is 155 Å². The van der Waals surface area contributed by atoms with Crippen LogP contribution >= 0.6 is 0 Å². The van der Waals surface area contributed by atoms with Gasteiger partial charge in [-0.05, 0) is 75.8 Å². The van der Waals surface area contributed by atoms with Crippen LogP contribution in [0.15, 0.2) is 18.2 Å². The van der Waals surface area contributed by atoms with E-state index >= 15 is 0 Å². The molecule has 0 spiro atoms. The molecule has 2 aromatic rings. The average molecular weight is 353 g/mol. The van der Waals surface area contributed by atoms with Crippen LogP contribution in [0.25, 0.3) is 0 Å². The SMILES string of the molecule is Cc1cccc(C)c1NC(=O)C1(C)CCc2c(C)c(O)c(C)c(C)c2O1. The average Bonchev–Trinajstić information content (AvgIpc) is 2.61. The summed E-state index contributed by atoms with van der Waals surface area (Å²) in [6.07, 6.45) is 1.27. The summed E-state index contributed by atoms with van der Waals surface area (Å²) in [6, 6.07) is 5.96. The highest BCUT2D eigenvalue weighted by molar-refractivity contribution is 5.98. The van der Waals surface area contributed by atoms with E-state index in [-0.39, 0.29) is 5.91 Å². The smallest absolute Gasteiger partial charge is 0.268 e. The fourth-order valence-corrected chi connectivity index (χ4v) is 3.66. The summed E-state index contributed by atoms with van der Waals surface area (Å²) >= 11 is 0. The van der Waals surface area contributed by atoms with Crippen molar-refractivity contribution in [2.75, 3.05) is 5.32 Å². The molecule has 138 valence electrons. The molecule has 0 fully saturated rings. The predicted molar refractivity (Wildman–Crippen MR) is 104 cm³/mol. The molecule has 1 aliphatic heterocycles. The van der Waals surface area contributed by atoms with Crippen molar-refractivity contribution in [1.82, 2.24) is 0 Å². The quantitative estimate of drug-likeness (QED) is 0.826. The molecule has 0 aromatic heterocycles. The van der Waals surface area contributed by atoms with Gasteiger partial charge in [0.25, 0.3) is 5.91 Å². The number of hydrogen-bond donors (Lipinski definition) is 2. The fourth-order valence-electron chi connectivity index (χ4n) is 3.66. The number of phenolic OH excluding ortho intramolecular Hbond substituents is 1. The molecular weight excluding hydrogens is 326 g/mol. The second-order valence-corrected chi connectivity index (χ2v) is 7.59. The highest BCUT2D eigenvalue weighted by atomic mass is 16.5. The normalized spacial score (nSPS) is 18.8. The minimum Gasteiger partial charge on any atom is -0.507 e. The summed E-state index contributed by atoms with van der Waals surface area (Å²) in [4.78, 5) is 13.1. The molecule has 4 nitrogen and oxygen atoms in total. The van der Waals surface area contributed by atoms with E-state index in [0.717, 1.165) is 44.8 Å². The number of fused-ring (bicyclic) bond motifs is 1. The molecule has 0 saturated heterocycles. The van der Waals surface area contributed by atoms with E-state index in [1.807, 2.05) is 59.7 Å². The molecule has 3 rings (SSSR count). The Morgan fingerprint density at radius 2 is 1.69 bits per heavy atom. The summed E-state index contributed by atoms with van der Waals surface area (Å²) < 4.78 is 6.26. The Hall–Kier alpha value is -2.49. The molecule has 2 N–H and O–H groups in total. The van der Waals surface area contributed by atoms with Gasteiger partial charge in [-0.1, -0.05) is 18.2 Å². The van der Waals surface area contributed by atoms with Crippen molar-refractivity contribution in [3.05, 3.63) is 51.6 Å². The maximum Gasteiger partial charge on any atom is 0.268 e. The number of para-hydroxylation sites is 1. The standard InChI is InChI=1S/C22H27NO3/c1-12-8-7-9-13(2)18(12)23-21(25)22(6)11-10-17-16(5)19(24)14(3)15(4)20(17)26-22/h7-9,24H,10-11H2,1-6H3,(H,23,25). The molecule has 1 aliphatic rings. The number of ether oxygens (including phenoxy) is 1. The number of carbonyl (C=O) groups is 1. The summed E-state index contributed by atoms with van der Waals surface area (Å²) in [7, 11) is 0. The fraction of sp³-hybridized carbons (Fsp3) is 0.409. The second kappa shape index (κ2) is 6.35. The zero-order chi connectivity index (χ0) is 19.2. The van der Waals surface area contributed by atoms with Gasteiger partial charge in [-0.25, -0.2) is 0 Å². The lowest BCUT2D eigenvalue weighted by Crippen LogP contribution is -2.48. The first kappa shape index (κ1) is 18.3. The number of aryl methyl sites for hydroxylation is 2. The Bertz CT molecular complexity index is 881. The molecule has 0 bridgehead atoms. The number of nitrogens with one attached hydrogen (secondary N) is 1. The van der Waals surface area contributed by atoms with Crippen LogP contribution < -0.4 is 10.1 Å². The Morgan fingerprint density at radius 1 is 1.08 bits per heavy atom. The van der Waals surface area contributed by atoms with Crippen LogP contribution in [0.3, 0.4) is 0 Å². The molecule has 0 radical (unpaired) electrons. The highest BCUT2D eigenvalue weighted by Gasteiger charge is 2.41. The maximum absolute atomic E-state index is 13.1. The minimum absolute atomic E-state index is 0.136. The van der Waals surface area contributed by atoms with Gasteiger partial charge in [0.1, 0.15) is 11.5 Å². The molecule has 1 heterocycles. The van der Waals surface area contributed by atoms with E-state index in [2.05, 4.69) is 5.32 Å².